The predicted molar refractivity (Wildman–Crippen MR) is 94.4 cm³/mol. The quantitative estimate of drug-likeness (QED) is 0.706. The first-order valence-corrected chi connectivity index (χ1v) is 8.66. The molecule has 0 bridgehead atoms. The van der Waals surface area contributed by atoms with Gasteiger partial charge in [0.05, 0.1) is 12.1 Å². The molecule has 2 heterocycles. The zero-order valence-electron chi connectivity index (χ0n) is 12.7. The summed E-state index contributed by atoms with van der Waals surface area (Å²) in [5.74, 6) is -0.246. The number of nitrogens with two attached hydrogens (primary N) is 1. The number of carbonyl (C=O) groups is 1. The Morgan fingerprint density at radius 1 is 1.43 bits per heavy atom. The molecule has 5 nitrogen and oxygen atoms in total. The third kappa shape index (κ3) is 3.17. The van der Waals surface area contributed by atoms with Gasteiger partial charge >= 0.3 is 0 Å². The second-order valence-corrected chi connectivity index (χ2v) is 7.75. The van der Waals surface area contributed by atoms with Crippen molar-refractivity contribution in [2.24, 2.45) is 5.73 Å². The molecule has 0 spiro atoms. The number of hydrogen-bond donors (Lipinski definition) is 2. The standard InChI is InChI=1S/C16H16BrN3O2S/c1-16(2,18)14-10(8-22-20-14)15(21)19-7-12-13(17)9-5-3-4-6-11(9)23-12/h3-6,8H,7,18H2,1-2H3,(H,19,21). The molecule has 3 aromatic rings. The van der Waals surface area contributed by atoms with Gasteiger partial charge in [0.1, 0.15) is 17.5 Å². The zero-order valence-corrected chi connectivity index (χ0v) is 15.1. The molecule has 0 saturated carbocycles. The lowest BCUT2D eigenvalue weighted by atomic mass is 9.98. The normalized spacial score (nSPS) is 11.8. The van der Waals surface area contributed by atoms with Gasteiger partial charge in [0.15, 0.2) is 0 Å². The van der Waals surface area contributed by atoms with Crippen molar-refractivity contribution < 1.29 is 9.32 Å². The fraction of sp³-hybridized carbons (Fsp3) is 0.250. The molecule has 0 unspecified atom stereocenters. The van der Waals surface area contributed by atoms with Crippen LogP contribution in [0.4, 0.5) is 0 Å². The van der Waals surface area contributed by atoms with E-state index in [1.54, 1.807) is 25.2 Å². The van der Waals surface area contributed by atoms with Gasteiger partial charge in [-0.3, -0.25) is 4.79 Å². The topological polar surface area (TPSA) is 81.2 Å². The number of carbonyl (C=O) groups excluding carboxylic acids is 1. The van der Waals surface area contributed by atoms with Crippen LogP contribution in [0.2, 0.25) is 0 Å². The van der Waals surface area contributed by atoms with Crippen LogP contribution >= 0.6 is 27.3 Å². The van der Waals surface area contributed by atoms with Crippen molar-refractivity contribution in [1.29, 1.82) is 0 Å². The van der Waals surface area contributed by atoms with Crippen LogP contribution in [-0.4, -0.2) is 11.1 Å². The molecule has 0 atom stereocenters. The predicted octanol–water partition coefficient (Wildman–Crippen LogP) is 3.78. The summed E-state index contributed by atoms with van der Waals surface area (Å²) in [7, 11) is 0. The van der Waals surface area contributed by atoms with Crippen molar-refractivity contribution in [3.8, 4) is 0 Å². The maximum Gasteiger partial charge on any atom is 0.256 e. The Labute approximate surface area is 146 Å². The van der Waals surface area contributed by atoms with Gasteiger partial charge in [0.25, 0.3) is 5.91 Å². The molecule has 1 amide bonds. The van der Waals surface area contributed by atoms with E-state index in [2.05, 4.69) is 38.5 Å². The number of rotatable bonds is 4. The van der Waals surface area contributed by atoms with Crippen LogP contribution in [-0.2, 0) is 12.1 Å². The monoisotopic (exact) mass is 393 g/mol. The number of nitrogens with one attached hydrogen (secondary N) is 1. The van der Waals surface area contributed by atoms with Crippen LogP contribution in [0.3, 0.4) is 0 Å². The van der Waals surface area contributed by atoms with Crippen molar-refractivity contribution in [3.05, 3.63) is 51.1 Å². The molecule has 0 aliphatic rings. The van der Waals surface area contributed by atoms with E-state index in [9.17, 15) is 4.79 Å². The van der Waals surface area contributed by atoms with Gasteiger partial charge in [0.2, 0.25) is 0 Å². The zero-order chi connectivity index (χ0) is 16.6. The fourth-order valence-corrected chi connectivity index (χ4v) is 4.19. The lowest BCUT2D eigenvalue weighted by Crippen LogP contribution is -2.33. The Bertz CT molecular complexity index is 864. The van der Waals surface area contributed by atoms with Crippen LogP contribution in [0.1, 0.15) is 34.8 Å². The van der Waals surface area contributed by atoms with E-state index >= 15 is 0 Å². The third-order valence-corrected chi connectivity index (χ3v) is 5.77. The molecular formula is C16H16BrN3O2S. The molecular weight excluding hydrogens is 378 g/mol. The Balaban J connectivity index is 1.79. The van der Waals surface area contributed by atoms with Crippen molar-refractivity contribution >= 4 is 43.3 Å². The first kappa shape index (κ1) is 16.2. The Morgan fingerprint density at radius 2 is 2.17 bits per heavy atom. The molecule has 0 fully saturated rings. The van der Waals surface area contributed by atoms with Crippen LogP contribution in [0.15, 0.2) is 39.5 Å². The maximum atomic E-state index is 12.4. The largest absolute Gasteiger partial charge is 0.364 e. The number of benzene rings is 1. The first-order valence-electron chi connectivity index (χ1n) is 7.06. The minimum atomic E-state index is -0.738. The summed E-state index contributed by atoms with van der Waals surface area (Å²) in [6.45, 7) is 3.99. The summed E-state index contributed by atoms with van der Waals surface area (Å²) >= 11 is 5.25. The highest BCUT2D eigenvalue weighted by Crippen LogP contribution is 2.35. The van der Waals surface area contributed by atoms with Crippen LogP contribution in [0.5, 0.6) is 0 Å². The van der Waals surface area contributed by atoms with E-state index in [0.717, 1.165) is 14.7 Å². The summed E-state index contributed by atoms with van der Waals surface area (Å²) in [5.41, 5.74) is 6.10. The van der Waals surface area contributed by atoms with Crippen molar-refractivity contribution in [2.75, 3.05) is 0 Å². The summed E-state index contributed by atoms with van der Waals surface area (Å²) in [6, 6.07) is 8.11. The second-order valence-electron chi connectivity index (χ2n) is 5.82. The van der Waals surface area contributed by atoms with Gasteiger partial charge in [-0.05, 0) is 35.8 Å². The van der Waals surface area contributed by atoms with Crippen LogP contribution in [0, 0.1) is 0 Å². The van der Waals surface area contributed by atoms with Crippen molar-refractivity contribution in [2.45, 2.75) is 25.9 Å². The summed E-state index contributed by atoms with van der Waals surface area (Å²) < 4.78 is 7.11. The smallest absolute Gasteiger partial charge is 0.256 e. The summed E-state index contributed by atoms with van der Waals surface area (Å²) in [4.78, 5) is 13.5. The van der Waals surface area contributed by atoms with Gasteiger partial charge in [-0.25, -0.2) is 0 Å². The van der Waals surface area contributed by atoms with E-state index in [1.165, 1.54) is 11.0 Å². The van der Waals surface area contributed by atoms with Crippen LogP contribution < -0.4 is 11.1 Å². The number of thiophene rings is 1. The van der Waals surface area contributed by atoms with E-state index in [4.69, 9.17) is 10.3 Å². The minimum absolute atomic E-state index is 0.246. The second kappa shape index (κ2) is 6.07. The number of fused-ring (bicyclic) bond motifs is 1. The molecule has 7 heteroatoms. The van der Waals surface area contributed by atoms with E-state index < -0.39 is 5.54 Å². The molecule has 120 valence electrons. The van der Waals surface area contributed by atoms with Gasteiger partial charge in [-0.2, -0.15) is 0 Å². The van der Waals surface area contributed by atoms with Gasteiger partial charge in [-0.15, -0.1) is 11.3 Å². The highest BCUT2D eigenvalue weighted by Gasteiger charge is 2.26. The highest BCUT2D eigenvalue weighted by atomic mass is 79.9. The Hall–Kier alpha value is -1.70. The molecule has 23 heavy (non-hydrogen) atoms. The van der Waals surface area contributed by atoms with E-state index in [1.807, 2.05) is 12.1 Å². The number of hydrogen-bond acceptors (Lipinski definition) is 5. The molecule has 3 N–H and O–H groups in total. The van der Waals surface area contributed by atoms with Gasteiger partial charge in [0, 0.05) is 19.4 Å². The maximum absolute atomic E-state index is 12.4. The van der Waals surface area contributed by atoms with Crippen LogP contribution in [0.25, 0.3) is 10.1 Å². The average molecular weight is 394 g/mol. The number of aromatic nitrogens is 1. The molecule has 2 aromatic heterocycles. The molecule has 0 radical (unpaired) electrons. The van der Waals surface area contributed by atoms with Gasteiger partial charge < -0.3 is 15.6 Å². The van der Waals surface area contributed by atoms with Gasteiger partial charge in [-0.1, -0.05) is 23.4 Å². The molecule has 0 aliphatic carbocycles. The summed E-state index contributed by atoms with van der Waals surface area (Å²) in [5, 5.41) is 7.90. The Morgan fingerprint density at radius 3 is 2.87 bits per heavy atom. The molecule has 0 aliphatic heterocycles. The lowest BCUT2D eigenvalue weighted by molar-refractivity contribution is 0.0948. The Kier molecular flexibility index (Phi) is 4.27. The SMILES string of the molecule is CC(C)(N)c1nocc1C(=O)NCc1sc2ccccc2c1Br. The fourth-order valence-electron chi connectivity index (χ4n) is 2.30. The molecule has 0 saturated heterocycles. The van der Waals surface area contributed by atoms with Crippen molar-refractivity contribution in [3.63, 3.8) is 0 Å². The first-order chi connectivity index (χ1) is 10.9. The minimum Gasteiger partial charge on any atom is -0.364 e. The number of nitrogens with zero attached hydrogens (tertiary/aromatic N) is 1. The van der Waals surface area contributed by atoms with E-state index in [0.29, 0.717) is 17.8 Å². The average Bonchev–Trinajstić information content (AvgIpc) is 3.10. The van der Waals surface area contributed by atoms with E-state index in [-0.39, 0.29) is 5.91 Å². The molecule has 1 aromatic carbocycles. The number of halogens is 1. The number of amides is 1. The molecule has 3 rings (SSSR count). The van der Waals surface area contributed by atoms with Crippen molar-refractivity contribution in [1.82, 2.24) is 10.5 Å². The highest BCUT2D eigenvalue weighted by molar-refractivity contribution is 9.10. The lowest BCUT2D eigenvalue weighted by Gasteiger charge is -2.16. The third-order valence-electron chi connectivity index (χ3n) is 3.44. The summed E-state index contributed by atoms with van der Waals surface area (Å²) in [6.07, 6.45) is 1.33.